The van der Waals surface area contributed by atoms with E-state index in [1.807, 2.05) is 121 Å². The molecule has 0 saturated carbocycles. The minimum Gasteiger partial charge on any atom is -0.744 e. The molecule has 17 heteroatoms. The monoisotopic (exact) mass is 2050 g/mol. The van der Waals surface area contributed by atoms with Gasteiger partial charge >= 0.3 is 0 Å². The van der Waals surface area contributed by atoms with Crippen molar-refractivity contribution in [2.75, 3.05) is 0 Å². The average Bonchev–Trinajstić information content (AvgIpc) is 0.783. The zero-order valence-electron chi connectivity index (χ0n) is 81.8. The molecule has 0 unspecified atom stereocenters. The summed E-state index contributed by atoms with van der Waals surface area (Å²) in [5, 5.41) is 6.16. The number of aryl methyl sites for hydroxylation is 8. The Morgan fingerprint density at radius 2 is 0.287 bits per heavy atom. The molecule has 8 aromatic rings. The third-order valence-corrected chi connectivity index (χ3v) is 29.9. The Hall–Kier alpha value is -4.64. The summed E-state index contributed by atoms with van der Waals surface area (Å²) in [7, 11) is -18.1. The predicted molar refractivity (Wildman–Crippen MR) is 547 cm³/mol. The van der Waals surface area contributed by atoms with Crippen molar-refractivity contribution in [3.05, 3.63) is 166 Å². The molecular formula is C112H172O12PbS4-4. The Bertz CT molecular complexity index is 4220. The molecule has 724 valence electrons. The minimum absolute atomic E-state index is 0. The van der Waals surface area contributed by atoms with Gasteiger partial charge in [-0.05, 0) is 169 Å². The number of hydrogen-bond acceptors (Lipinski definition) is 12. The molecule has 8 aromatic carbocycles. The van der Waals surface area contributed by atoms with Gasteiger partial charge in [-0.2, -0.15) is 0 Å². The van der Waals surface area contributed by atoms with Crippen LogP contribution < -0.4 is 0 Å². The van der Waals surface area contributed by atoms with E-state index < -0.39 is 40.5 Å². The van der Waals surface area contributed by atoms with Crippen LogP contribution in [0, 0.1) is 0 Å². The van der Waals surface area contributed by atoms with Crippen LogP contribution >= 0.6 is 0 Å². The molecule has 0 aliphatic heterocycles. The SMILES string of the molecule is CCCCCCCCCc1ccc2cccc(CCCCCCCCC)c2c1S(=O)(=O)[O-].CCCCCCCCCc1ccc2cccc(CCCCCCCCC)c2c1S(=O)(=O)[O-].CCCCCCCCCc1ccc2cccc(CCCCCCCCC)c2c1S(=O)(=O)[O-].CCCCCCCCCc1ccc2cccc(CCCCCCCCC)c2c1S(=O)(=O)[O-].[Pb]. The molecule has 12 nitrogen and oxygen atoms in total. The van der Waals surface area contributed by atoms with Crippen molar-refractivity contribution >= 4 is 111 Å². The quantitative estimate of drug-likeness (QED) is 0.0197. The van der Waals surface area contributed by atoms with Gasteiger partial charge in [0.05, 0.1) is 19.6 Å². The van der Waals surface area contributed by atoms with Gasteiger partial charge in [0.2, 0.25) is 0 Å². The number of rotatable bonds is 68. The molecule has 129 heavy (non-hydrogen) atoms. The van der Waals surface area contributed by atoms with Crippen LogP contribution in [0.4, 0.5) is 0 Å². The van der Waals surface area contributed by atoms with Crippen molar-refractivity contribution in [1.29, 1.82) is 0 Å². The summed E-state index contributed by atoms with van der Waals surface area (Å²) in [5.74, 6) is 0. The van der Waals surface area contributed by atoms with Gasteiger partial charge in [0.25, 0.3) is 0 Å². The van der Waals surface area contributed by atoms with Gasteiger partial charge in [-0.3, -0.25) is 0 Å². The van der Waals surface area contributed by atoms with E-state index in [2.05, 4.69) is 55.4 Å². The fourth-order valence-electron chi connectivity index (χ4n) is 18.8. The first kappa shape index (κ1) is 117. The third kappa shape index (κ3) is 45.7. The molecule has 4 radical (unpaired) electrons. The van der Waals surface area contributed by atoms with E-state index in [1.165, 1.54) is 257 Å². The topological polar surface area (TPSA) is 229 Å². The van der Waals surface area contributed by atoms with Crippen LogP contribution in [0.1, 0.15) is 459 Å². The van der Waals surface area contributed by atoms with Crippen molar-refractivity contribution in [2.45, 2.75) is 486 Å². The van der Waals surface area contributed by atoms with Crippen LogP contribution in [0.25, 0.3) is 43.1 Å². The zero-order valence-corrected chi connectivity index (χ0v) is 89.0. The molecule has 0 heterocycles. The smallest absolute Gasteiger partial charge is 0.125 e. The molecule has 0 aliphatic rings. The first-order valence-electron chi connectivity index (χ1n) is 51.9. The van der Waals surface area contributed by atoms with E-state index in [0.29, 0.717) is 69.5 Å². The van der Waals surface area contributed by atoms with Crippen LogP contribution in [0.2, 0.25) is 0 Å². The molecule has 0 spiro atoms. The summed E-state index contributed by atoms with van der Waals surface area (Å²) in [4.78, 5) is 0.165. The van der Waals surface area contributed by atoms with Crippen LogP contribution in [0.3, 0.4) is 0 Å². The fourth-order valence-corrected chi connectivity index (χ4v) is 22.8. The summed E-state index contributed by atoms with van der Waals surface area (Å²) in [5.41, 5.74) is 6.83. The summed E-state index contributed by atoms with van der Waals surface area (Å²) in [6.45, 7) is 17.8. The first-order chi connectivity index (χ1) is 61.9. The summed E-state index contributed by atoms with van der Waals surface area (Å²) >= 11 is 0. The van der Waals surface area contributed by atoms with Crippen LogP contribution in [-0.2, 0) is 91.8 Å². The molecule has 8 rings (SSSR count). The predicted octanol–water partition coefficient (Wildman–Crippen LogP) is 32.9. The molecule has 0 saturated heterocycles. The van der Waals surface area contributed by atoms with Gasteiger partial charge in [0.15, 0.2) is 0 Å². The Balaban J connectivity index is 0.000000359. The van der Waals surface area contributed by atoms with Crippen LogP contribution in [-0.4, -0.2) is 79.2 Å². The van der Waals surface area contributed by atoms with Crippen molar-refractivity contribution in [3.8, 4) is 0 Å². The van der Waals surface area contributed by atoms with Gasteiger partial charge in [-0.15, -0.1) is 0 Å². The Morgan fingerprint density at radius 3 is 0.419 bits per heavy atom. The number of benzene rings is 8. The van der Waals surface area contributed by atoms with E-state index in [-0.39, 0.29) is 46.9 Å². The van der Waals surface area contributed by atoms with Gasteiger partial charge in [-0.1, -0.05) is 485 Å². The summed E-state index contributed by atoms with van der Waals surface area (Å²) in [6.07, 6.45) is 72.9. The molecule has 0 aliphatic carbocycles. The Kier molecular flexibility index (Phi) is 62.6. The first-order valence-corrected chi connectivity index (χ1v) is 57.6. The van der Waals surface area contributed by atoms with Gasteiger partial charge in [-0.25, -0.2) is 33.7 Å². The molecule has 0 bridgehead atoms. The molecule has 0 N–H and O–H groups in total. The Labute approximate surface area is 807 Å². The van der Waals surface area contributed by atoms with E-state index in [4.69, 9.17) is 0 Å². The molecule has 0 atom stereocenters. The van der Waals surface area contributed by atoms with Gasteiger partial charge in [0, 0.05) is 48.8 Å². The number of unbranched alkanes of at least 4 members (excludes halogenated alkanes) is 48. The van der Waals surface area contributed by atoms with Gasteiger partial charge in [0.1, 0.15) is 40.5 Å². The standard InChI is InChI=1S/4C28H44O3S.Pb/c4*1-3-5-7-9-11-13-15-18-24-20-17-21-25-22-23-26(28(27(24)25)32(29,30)31)19-16-14-12-10-8-6-4-2;/h4*17,20-23H,3-16,18-19H2,1-2H3,(H,29,30,31);/p-4. The molecule has 0 amide bonds. The maximum absolute atomic E-state index is 12.3. The van der Waals surface area contributed by atoms with Crippen molar-refractivity contribution < 1.29 is 51.9 Å². The summed E-state index contributed by atoms with van der Waals surface area (Å²) < 4.78 is 148. The van der Waals surface area contributed by atoms with E-state index in [1.54, 1.807) is 0 Å². The van der Waals surface area contributed by atoms with Crippen molar-refractivity contribution in [3.63, 3.8) is 0 Å². The van der Waals surface area contributed by atoms with E-state index in [0.717, 1.165) is 172 Å². The molecular weight excluding hydrogens is 1870 g/mol. The second kappa shape index (κ2) is 69.2. The second-order valence-electron chi connectivity index (χ2n) is 37.1. The van der Waals surface area contributed by atoms with E-state index >= 15 is 0 Å². The van der Waals surface area contributed by atoms with Crippen LogP contribution in [0.5, 0.6) is 0 Å². The zero-order chi connectivity index (χ0) is 92.9. The van der Waals surface area contributed by atoms with Gasteiger partial charge < -0.3 is 18.2 Å². The van der Waals surface area contributed by atoms with Crippen molar-refractivity contribution in [1.82, 2.24) is 0 Å². The normalized spacial score (nSPS) is 11.9. The maximum Gasteiger partial charge on any atom is 0.125 e. The molecule has 0 fully saturated rings. The largest absolute Gasteiger partial charge is 0.744 e. The summed E-state index contributed by atoms with van der Waals surface area (Å²) in [6, 6.07) is 39.1. The second-order valence-corrected chi connectivity index (χ2v) is 42.3. The van der Waals surface area contributed by atoms with Crippen molar-refractivity contribution in [2.24, 2.45) is 0 Å². The van der Waals surface area contributed by atoms with Crippen LogP contribution in [0.15, 0.2) is 141 Å². The molecule has 0 aromatic heterocycles. The minimum atomic E-state index is -4.53. The number of hydrogen-bond donors (Lipinski definition) is 0. The maximum atomic E-state index is 12.3. The average molecular weight is 2050 g/mol. The number of fused-ring (bicyclic) bond motifs is 4. The fraction of sp³-hybridized carbons (Fsp3) is 0.643. The Morgan fingerprint density at radius 1 is 0.163 bits per heavy atom. The third-order valence-electron chi connectivity index (χ3n) is 26.1. The van der Waals surface area contributed by atoms with E-state index in [9.17, 15) is 51.9 Å².